The molecule has 0 spiro atoms. The first-order chi connectivity index (χ1) is 14.5. The predicted molar refractivity (Wildman–Crippen MR) is 123 cm³/mol. The summed E-state index contributed by atoms with van der Waals surface area (Å²) in [7, 11) is 2.17. The number of pyridine rings is 1. The van der Waals surface area contributed by atoms with E-state index >= 15 is 0 Å². The lowest BCUT2D eigenvalue weighted by atomic mass is 9.94. The van der Waals surface area contributed by atoms with Crippen molar-refractivity contribution in [2.75, 3.05) is 12.4 Å². The average molecular weight is 404 g/mol. The molecule has 4 heteroatoms. The average Bonchev–Trinajstić information content (AvgIpc) is 3.11. The number of aromatic nitrogens is 1. The number of nitrogens with zero attached hydrogens (tertiary/aromatic N) is 2. The zero-order valence-electron chi connectivity index (χ0n) is 18.0. The van der Waals surface area contributed by atoms with Gasteiger partial charge < -0.3 is 10.2 Å². The van der Waals surface area contributed by atoms with Crippen LogP contribution in [0.25, 0.3) is 5.57 Å². The van der Waals surface area contributed by atoms with Gasteiger partial charge in [0, 0.05) is 37.9 Å². The van der Waals surface area contributed by atoms with Gasteiger partial charge in [-0.05, 0) is 52.8 Å². The number of rotatable bonds is 6. The van der Waals surface area contributed by atoms with Crippen LogP contribution < -0.4 is 5.32 Å². The van der Waals surface area contributed by atoms with Crippen LogP contribution in [0.4, 0.5) is 10.2 Å². The van der Waals surface area contributed by atoms with Gasteiger partial charge in [-0.15, -0.1) is 0 Å². The van der Waals surface area contributed by atoms with E-state index in [1.807, 2.05) is 36.5 Å². The Morgan fingerprint density at radius 1 is 1.20 bits per heavy atom. The van der Waals surface area contributed by atoms with Crippen LogP contribution in [0.1, 0.15) is 37.8 Å². The summed E-state index contributed by atoms with van der Waals surface area (Å²) in [5.41, 5.74) is 6.07. The fourth-order valence-electron chi connectivity index (χ4n) is 4.41. The largest absolute Gasteiger partial charge is 0.370 e. The summed E-state index contributed by atoms with van der Waals surface area (Å²) in [6.07, 6.45) is 8.08. The van der Waals surface area contributed by atoms with Gasteiger partial charge in [-0.25, -0.2) is 9.37 Å². The highest BCUT2D eigenvalue weighted by Crippen LogP contribution is 2.42. The van der Waals surface area contributed by atoms with Crippen molar-refractivity contribution in [1.82, 2.24) is 9.88 Å². The monoisotopic (exact) mass is 403 g/mol. The van der Waals surface area contributed by atoms with Crippen LogP contribution in [0.5, 0.6) is 0 Å². The lowest BCUT2D eigenvalue weighted by molar-refractivity contribution is 0.270. The van der Waals surface area contributed by atoms with E-state index in [4.69, 9.17) is 0 Å². The van der Waals surface area contributed by atoms with E-state index in [1.54, 1.807) is 6.08 Å². The Morgan fingerprint density at radius 2 is 2.00 bits per heavy atom. The first-order valence-electron chi connectivity index (χ1n) is 10.8. The van der Waals surface area contributed by atoms with Gasteiger partial charge in [0.05, 0.1) is 0 Å². The summed E-state index contributed by atoms with van der Waals surface area (Å²) in [5.74, 6) is 1.40. The summed E-state index contributed by atoms with van der Waals surface area (Å²) in [5, 5.41) is 3.44. The first kappa shape index (κ1) is 20.4. The smallest absolute Gasteiger partial charge is 0.126 e. The molecule has 1 aromatic carbocycles. The molecule has 2 atom stereocenters. The van der Waals surface area contributed by atoms with Gasteiger partial charge in [0.25, 0.3) is 0 Å². The molecule has 0 saturated carbocycles. The molecule has 0 amide bonds. The normalized spacial score (nSPS) is 21.4. The van der Waals surface area contributed by atoms with Crippen molar-refractivity contribution in [3.05, 3.63) is 89.3 Å². The van der Waals surface area contributed by atoms with Gasteiger partial charge in [0.2, 0.25) is 0 Å². The molecule has 1 N–H and O–H groups in total. The van der Waals surface area contributed by atoms with Crippen molar-refractivity contribution in [3.8, 4) is 0 Å². The van der Waals surface area contributed by atoms with E-state index < -0.39 is 6.17 Å². The molecule has 1 aliphatic heterocycles. The molecule has 156 valence electrons. The minimum absolute atomic E-state index is 0.432. The Morgan fingerprint density at radius 3 is 2.70 bits per heavy atom. The minimum Gasteiger partial charge on any atom is -0.370 e. The summed E-state index contributed by atoms with van der Waals surface area (Å²) in [6.45, 7) is 5.27. The number of hydrogen-bond donors (Lipinski definition) is 1. The van der Waals surface area contributed by atoms with E-state index in [-0.39, 0.29) is 0 Å². The van der Waals surface area contributed by atoms with Crippen LogP contribution in [-0.2, 0) is 6.54 Å². The van der Waals surface area contributed by atoms with Gasteiger partial charge in [-0.1, -0.05) is 56.3 Å². The molecule has 2 aliphatic rings. The standard InChI is InChI=1S/C26H30FN3/c1-18(2)24-16-23(26(30(24)3)20-9-11-22(27)12-10-20)21-13-14-28-25(15-21)29-17-19-7-5-4-6-8-19/h4-11,13-15,18,22,24H,12,16-17H2,1-3H3,(H,28,29). The summed E-state index contributed by atoms with van der Waals surface area (Å²) in [6, 6.07) is 15.0. The molecule has 0 bridgehead atoms. The Bertz CT molecular complexity index is 975. The molecule has 0 fully saturated rings. The minimum atomic E-state index is -0.875. The molecule has 0 saturated heterocycles. The highest BCUT2D eigenvalue weighted by molar-refractivity contribution is 5.77. The third-order valence-electron chi connectivity index (χ3n) is 6.06. The maximum Gasteiger partial charge on any atom is 0.126 e. The molecule has 4 rings (SSSR count). The lowest BCUT2D eigenvalue weighted by Gasteiger charge is -2.29. The highest BCUT2D eigenvalue weighted by atomic mass is 19.1. The van der Waals surface area contributed by atoms with Crippen LogP contribution in [0.3, 0.4) is 0 Å². The van der Waals surface area contributed by atoms with Gasteiger partial charge in [0.1, 0.15) is 12.0 Å². The second-order valence-corrected chi connectivity index (χ2v) is 8.49. The molecular weight excluding hydrogens is 373 g/mol. The number of halogens is 1. The number of benzene rings is 1. The molecule has 2 aromatic rings. The van der Waals surface area contributed by atoms with Crippen molar-refractivity contribution >= 4 is 11.4 Å². The van der Waals surface area contributed by atoms with Crippen molar-refractivity contribution in [3.63, 3.8) is 0 Å². The summed E-state index contributed by atoms with van der Waals surface area (Å²) < 4.78 is 13.7. The number of alkyl halides is 1. The van der Waals surface area contributed by atoms with Crippen molar-refractivity contribution in [2.45, 2.75) is 45.4 Å². The maximum absolute atomic E-state index is 13.7. The quantitative estimate of drug-likeness (QED) is 0.642. The van der Waals surface area contributed by atoms with Gasteiger partial charge >= 0.3 is 0 Å². The second-order valence-electron chi connectivity index (χ2n) is 8.49. The number of hydrogen-bond acceptors (Lipinski definition) is 3. The third kappa shape index (κ3) is 4.33. The van der Waals surface area contributed by atoms with E-state index in [0.717, 1.165) is 24.4 Å². The number of anilines is 1. The maximum atomic E-state index is 13.7. The van der Waals surface area contributed by atoms with Gasteiger partial charge in [-0.3, -0.25) is 0 Å². The molecule has 30 heavy (non-hydrogen) atoms. The van der Waals surface area contributed by atoms with E-state index in [0.29, 0.717) is 18.4 Å². The Balaban J connectivity index is 1.64. The highest BCUT2D eigenvalue weighted by Gasteiger charge is 2.33. The lowest BCUT2D eigenvalue weighted by Crippen LogP contribution is -2.31. The van der Waals surface area contributed by atoms with Gasteiger partial charge in [-0.2, -0.15) is 0 Å². The summed E-state index contributed by atoms with van der Waals surface area (Å²) >= 11 is 0. The fraction of sp³-hybridized carbons (Fsp3) is 0.346. The van der Waals surface area contributed by atoms with Crippen molar-refractivity contribution in [1.29, 1.82) is 0 Å². The molecule has 2 unspecified atom stereocenters. The van der Waals surface area contributed by atoms with Crippen molar-refractivity contribution < 1.29 is 4.39 Å². The zero-order chi connectivity index (χ0) is 21.1. The predicted octanol–water partition coefficient (Wildman–Crippen LogP) is 5.99. The molecule has 1 aromatic heterocycles. The van der Waals surface area contributed by atoms with Crippen LogP contribution >= 0.6 is 0 Å². The zero-order valence-corrected chi connectivity index (χ0v) is 18.0. The van der Waals surface area contributed by atoms with Crippen LogP contribution in [0.2, 0.25) is 0 Å². The van der Waals surface area contributed by atoms with Gasteiger partial charge in [0.15, 0.2) is 0 Å². The van der Waals surface area contributed by atoms with Crippen molar-refractivity contribution in [2.24, 2.45) is 5.92 Å². The molecule has 1 aliphatic carbocycles. The van der Waals surface area contributed by atoms with E-state index in [1.165, 1.54) is 22.4 Å². The van der Waals surface area contributed by atoms with E-state index in [2.05, 4.69) is 60.4 Å². The number of nitrogens with one attached hydrogen (secondary N) is 1. The molecule has 3 nitrogen and oxygen atoms in total. The van der Waals surface area contributed by atoms with Crippen LogP contribution in [0.15, 0.2) is 78.2 Å². The van der Waals surface area contributed by atoms with Crippen LogP contribution in [-0.4, -0.2) is 29.1 Å². The SMILES string of the molecule is CC(C)C1CC(c2ccnc(NCc3ccccc3)c2)=C(C2=CCC(F)C=C2)N1C. The fourth-order valence-corrected chi connectivity index (χ4v) is 4.41. The third-order valence-corrected chi connectivity index (χ3v) is 6.06. The summed E-state index contributed by atoms with van der Waals surface area (Å²) in [4.78, 5) is 6.90. The first-order valence-corrected chi connectivity index (χ1v) is 10.8. The topological polar surface area (TPSA) is 28.2 Å². The Hall–Kier alpha value is -2.88. The Kier molecular flexibility index (Phi) is 6.03. The molecular formula is C26H30FN3. The second kappa shape index (κ2) is 8.86. The molecule has 0 radical (unpaired) electrons. The van der Waals surface area contributed by atoms with Crippen LogP contribution in [0, 0.1) is 5.92 Å². The Labute approximate surface area is 179 Å². The molecule has 2 heterocycles. The number of likely N-dealkylation sites (N-methyl/N-ethyl adjacent to an activating group) is 1. The number of allylic oxidation sites excluding steroid dienone is 3. The van der Waals surface area contributed by atoms with E-state index in [9.17, 15) is 4.39 Å².